The van der Waals surface area contributed by atoms with Crippen LogP contribution < -0.4 is 0 Å². The third-order valence-electron chi connectivity index (χ3n) is 2.43. The minimum Gasteiger partial charge on any atom is -0.244 e. The molecule has 2 aromatic rings. The Morgan fingerprint density at radius 1 is 1.18 bits per heavy atom. The van der Waals surface area contributed by atoms with E-state index in [-0.39, 0.29) is 5.75 Å². The number of hydrogen-bond donors (Lipinski definition) is 0. The summed E-state index contributed by atoms with van der Waals surface area (Å²) >= 11 is 0. The molecule has 90 valence electrons. The van der Waals surface area contributed by atoms with Crippen molar-refractivity contribution >= 4 is 10.0 Å². The Balaban J connectivity index is 2.33. The van der Waals surface area contributed by atoms with Crippen molar-refractivity contribution in [2.45, 2.75) is 19.6 Å². The topological polar surface area (TPSA) is 52.0 Å². The van der Waals surface area contributed by atoms with Crippen molar-refractivity contribution in [3.8, 4) is 0 Å². The van der Waals surface area contributed by atoms with Gasteiger partial charge < -0.3 is 0 Å². The van der Waals surface area contributed by atoms with Crippen molar-refractivity contribution in [2.75, 3.05) is 0 Å². The lowest BCUT2D eigenvalue weighted by molar-refractivity contribution is 0.586. The van der Waals surface area contributed by atoms with Crippen LogP contribution in [0, 0.1) is 13.8 Å². The van der Waals surface area contributed by atoms with E-state index >= 15 is 0 Å². The van der Waals surface area contributed by atoms with Gasteiger partial charge in [-0.15, -0.1) is 0 Å². The summed E-state index contributed by atoms with van der Waals surface area (Å²) in [4.78, 5) is 3.75. The van der Waals surface area contributed by atoms with E-state index in [1.807, 2.05) is 32.0 Å². The van der Waals surface area contributed by atoms with Gasteiger partial charge in [-0.05, 0) is 19.4 Å². The monoisotopic (exact) mass is 250 g/mol. The largest absolute Gasteiger partial charge is 0.244 e. The molecule has 0 atom stereocenters. The molecule has 0 fully saturated rings. The van der Waals surface area contributed by atoms with E-state index < -0.39 is 10.0 Å². The van der Waals surface area contributed by atoms with E-state index in [1.165, 1.54) is 18.7 Å². The summed E-state index contributed by atoms with van der Waals surface area (Å²) in [5.74, 6) is -0.00806. The molecule has 5 heteroatoms. The van der Waals surface area contributed by atoms with Crippen LogP contribution in [0.5, 0.6) is 0 Å². The SMILES string of the molecule is Cc1cc(C)cc(CS(=O)(=O)n2ccnc2)c1. The Labute approximate surface area is 101 Å². The zero-order valence-corrected chi connectivity index (χ0v) is 10.6. The van der Waals surface area contributed by atoms with E-state index in [0.717, 1.165) is 20.7 Å². The van der Waals surface area contributed by atoms with Gasteiger partial charge in [0.25, 0.3) is 0 Å². The molecule has 1 aromatic carbocycles. The van der Waals surface area contributed by atoms with Crippen LogP contribution in [0.3, 0.4) is 0 Å². The molecule has 0 N–H and O–H groups in total. The van der Waals surface area contributed by atoms with Crippen LogP contribution in [-0.4, -0.2) is 17.4 Å². The summed E-state index contributed by atoms with van der Waals surface area (Å²) in [6.07, 6.45) is 4.20. The third-order valence-corrected chi connectivity index (χ3v) is 3.99. The highest BCUT2D eigenvalue weighted by Gasteiger charge is 2.13. The van der Waals surface area contributed by atoms with Crippen LogP contribution in [-0.2, 0) is 15.8 Å². The molecule has 4 nitrogen and oxygen atoms in total. The average Bonchev–Trinajstić information content (AvgIpc) is 2.67. The van der Waals surface area contributed by atoms with Gasteiger partial charge in [-0.25, -0.2) is 17.4 Å². The smallest absolute Gasteiger partial charge is 0.243 e. The van der Waals surface area contributed by atoms with Crippen LogP contribution in [0.2, 0.25) is 0 Å². The number of rotatable bonds is 3. The first-order valence-corrected chi connectivity index (χ1v) is 6.87. The predicted molar refractivity (Wildman–Crippen MR) is 66.2 cm³/mol. The molecule has 0 saturated heterocycles. The first kappa shape index (κ1) is 11.9. The number of aryl methyl sites for hydroxylation is 2. The molecule has 0 bridgehead atoms. The van der Waals surface area contributed by atoms with Gasteiger partial charge in [0, 0.05) is 12.4 Å². The molecule has 1 heterocycles. The summed E-state index contributed by atoms with van der Waals surface area (Å²) < 4.78 is 25.2. The molecule has 1 aromatic heterocycles. The molecule has 0 radical (unpaired) electrons. The van der Waals surface area contributed by atoms with Crippen LogP contribution in [0.1, 0.15) is 16.7 Å². The number of benzene rings is 1. The standard InChI is InChI=1S/C12H14N2O2S/c1-10-5-11(2)7-12(6-10)8-17(15,16)14-4-3-13-9-14/h3-7,9H,8H2,1-2H3. The highest BCUT2D eigenvalue weighted by Crippen LogP contribution is 2.13. The first-order valence-electron chi connectivity index (χ1n) is 5.26. The quantitative estimate of drug-likeness (QED) is 0.835. The Bertz CT molecular complexity index is 596. The molecule has 0 aliphatic carbocycles. The number of imidazole rings is 1. The molecule has 0 aliphatic rings. The van der Waals surface area contributed by atoms with Gasteiger partial charge in [0.2, 0.25) is 10.0 Å². The molecule has 0 amide bonds. The van der Waals surface area contributed by atoms with Crippen LogP contribution in [0.25, 0.3) is 0 Å². The van der Waals surface area contributed by atoms with Crippen molar-refractivity contribution in [3.63, 3.8) is 0 Å². The van der Waals surface area contributed by atoms with Gasteiger partial charge in [0.1, 0.15) is 6.33 Å². The predicted octanol–water partition coefficient (Wildman–Crippen LogP) is 1.88. The first-order chi connectivity index (χ1) is 7.97. The van der Waals surface area contributed by atoms with Crippen molar-refractivity contribution in [3.05, 3.63) is 53.6 Å². The molecular weight excluding hydrogens is 236 g/mol. The fraction of sp³-hybridized carbons (Fsp3) is 0.250. The maximum absolute atomic E-state index is 12.0. The Morgan fingerprint density at radius 2 is 1.82 bits per heavy atom. The van der Waals surface area contributed by atoms with Gasteiger partial charge in [-0.1, -0.05) is 29.3 Å². The molecule has 0 spiro atoms. The van der Waals surface area contributed by atoms with Crippen molar-refractivity contribution in [1.82, 2.24) is 8.96 Å². The number of aromatic nitrogens is 2. The molecule has 0 unspecified atom stereocenters. The second-order valence-electron chi connectivity index (χ2n) is 4.14. The van der Waals surface area contributed by atoms with E-state index in [9.17, 15) is 8.42 Å². The number of nitrogens with zero attached hydrogens (tertiary/aromatic N) is 2. The Morgan fingerprint density at radius 3 is 2.35 bits per heavy atom. The average molecular weight is 250 g/mol. The minimum absolute atomic E-state index is 0.00806. The van der Waals surface area contributed by atoms with Gasteiger partial charge >= 0.3 is 0 Å². The summed E-state index contributed by atoms with van der Waals surface area (Å²) in [5, 5.41) is 0. The van der Waals surface area contributed by atoms with Gasteiger partial charge in [-0.2, -0.15) is 0 Å². The van der Waals surface area contributed by atoms with Gasteiger partial charge in [0.15, 0.2) is 0 Å². The van der Waals surface area contributed by atoms with Crippen molar-refractivity contribution < 1.29 is 8.42 Å². The second-order valence-corrected chi connectivity index (χ2v) is 6.02. The summed E-state index contributed by atoms with van der Waals surface area (Å²) in [6.45, 7) is 3.92. The summed E-state index contributed by atoms with van der Waals surface area (Å²) in [6, 6.07) is 5.80. The fourth-order valence-electron chi connectivity index (χ4n) is 1.85. The Hall–Kier alpha value is -1.62. The minimum atomic E-state index is -3.35. The van der Waals surface area contributed by atoms with Crippen LogP contribution in [0.15, 0.2) is 36.9 Å². The van der Waals surface area contributed by atoms with E-state index in [1.54, 1.807) is 0 Å². The molecule has 2 rings (SSSR count). The van der Waals surface area contributed by atoms with Crippen LogP contribution >= 0.6 is 0 Å². The molecule has 17 heavy (non-hydrogen) atoms. The van der Waals surface area contributed by atoms with Crippen molar-refractivity contribution in [1.29, 1.82) is 0 Å². The lowest BCUT2D eigenvalue weighted by Gasteiger charge is -2.07. The normalized spacial score (nSPS) is 11.6. The van der Waals surface area contributed by atoms with E-state index in [4.69, 9.17) is 0 Å². The molecular formula is C12H14N2O2S. The maximum atomic E-state index is 12.0. The molecule has 0 aliphatic heterocycles. The summed E-state index contributed by atoms with van der Waals surface area (Å²) in [5.41, 5.74) is 2.94. The fourth-order valence-corrected chi connectivity index (χ4v) is 3.02. The van der Waals surface area contributed by atoms with Crippen molar-refractivity contribution in [2.24, 2.45) is 0 Å². The summed E-state index contributed by atoms with van der Waals surface area (Å²) in [7, 11) is -3.35. The van der Waals surface area contributed by atoms with Gasteiger partial charge in [0.05, 0.1) is 5.75 Å². The zero-order valence-electron chi connectivity index (χ0n) is 9.79. The highest BCUT2D eigenvalue weighted by molar-refractivity contribution is 7.89. The number of hydrogen-bond acceptors (Lipinski definition) is 3. The molecule has 0 saturated carbocycles. The van der Waals surface area contributed by atoms with E-state index in [2.05, 4.69) is 4.98 Å². The zero-order chi connectivity index (χ0) is 12.5. The lowest BCUT2D eigenvalue weighted by atomic mass is 10.1. The lowest BCUT2D eigenvalue weighted by Crippen LogP contribution is -2.13. The van der Waals surface area contributed by atoms with E-state index in [0.29, 0.717) is 0 Å². The Kier molecular flexibility index (Phi) is 3.02. The third kappa shape index (κ3) is 2.74. The van der Waals surface area contributed by atoms with Crippen LogP contribution in [0.4, 0.5) is 0 Å². The second kappa shape index (κ2) is 4.33. The highest BCUT2D eigenvalue weighted by atomic mass is 32.2. The van der Waals surface area contributed by atoms with Gasteiger partial charge in [-0.3, -0.25) is 0 Å². The maximum Gasteiger partial charge on any atom is 0.243 e.